The third-order valence-electron chi connectivity index (χ3n) is 12.6. The van der Waals surface area contributed by atoms with Crippen molar-refractivity contribution in [2.75, 3.05) is 0 Å². The lowest BCUT2D eigenvalue weighted by Crippen LogP contribution is -2.58. The summed E-state index contributed by atoms with van der Waals surface area (Å²) in [6.45, 7) is 32.1. The first-order valence-electron chi connectivity index (χ1n) is 26.9. The molecule has 79 heavy (non-hydrogen) atoms. The van der Waals surface area contributed by atoms with Crippen LogP contribution in [0.5, 0.6) is 0 Å². The molecule has 0 aliphatic carbocycles. The van der Waals surface area contributed by atoms with E-state index in [0.29, 0.717) is 0 Å². The Balaban J connectivity index is 0.0000608. The van der Waals surface area contributed by atoms with Crippen molar-refractivity contribution in [1.29, 1.82) is 0 Å². The number of amides is 6. The van der Waals surface area contributed by atoms with Crippen molar-refractivity contribution in [2.24, 2.45) is 53.3 Å². The van der Waals surface area contributed by atoms with Gasteiger partial charge in [0.15, 0.2) is 36.6 Å². The summed E-state index contributed by atoms with van der Waals surface area (Å²) in [6.07, 6.45) is -9.34. The number of rotatable bonds is 9. The zero-order valence-electron chi connectivity index (χ0n) is 50.0. The van der Waals surface area contributed by atoms with Gasteiger partial charge in [0, 0.05) is 0 Å². The molecule has 0 saturated carbocycles. The van der Waals surface area contributed by atoms with Crippen LogP contribution < -0.4 is 31.9 Å². The highest BCUT2D eigenvalue weighted by Gasteiger charge is 2.42. The second-order valence-electron chi connectivity index (χ2n) is 22.9. The molecule has 12 unspecified atom stereocenters. The second-order valence-corrected chi connectivity index (χ2v) is 22.9. The van der Waals surface area contributed by atoms with E-state index in [-0.39, 0.29) is 5.48 Å². The van der Waals surface area contributed by atoms with Crippen molar-refractivity contribution in [1.82, 2.24) is 31.9 Å². The first-order valence-corrected chi connectivity index (χ1v) is 26.9. The summed E-state index contributed by atoms with van der Waals surface area (Å²) in [4.78, 5) is 165. The van der Waals surface area contributed by atoms with E-state index in [1.807, 2.05) is 0 Å². The Bertz CT molecular complexity index is 1890. The number of hydrogen-bond donors (Lipinski definition) is 6. The molecule has 1 saturated heterocycles. The minimum Gasteiger partial charge on any atom is -0.451 e. The third kappa shape index (κ3) is 22.0. The van der Waals surface area contributed by atoms with Gasteiger partial charge in [-0.15, -0.1) is 0 Å². The number of esters is 6. The summed E-state index contributed by atoms with van der Waals surface area (Å²) in [5, 5.41) is 15.2. The fourth-order valence-electron chi connectivity index (χ4n) is 7.51. The van der Waals surface area contributed by atoms with Gasteiger partial charge in [-0.3, -0.25) is 28.8 Å². The quantitative estimate of drug-likeness (QED) is 0.141. The van der Waals surface area contributed by atoms with E-state index in [1.165, 1.54) is 20.8 Å². The number of nitrogens with one attached hydrogen (secondary N) is 6. The number of ether oxygens (including phenoxy) is 6. The summed E-state index contributed by atoms with van der Waals surface area (Å²) < 4.78 is 33.3. The highest BCUT2D eigenvalue weighted by molar-refractivity contribution is 5.96. The van der Waals surface area contributed by atoms with Crippen LogP contribution in [0.3, 0.4) is 0 Å². The smallest absolute Gasteiger partial charge is 0.347 e. The average molecular weight is 1130 g/mol. The van der Waals surface area contributed by atoms with Crippen LogP contribution in [0.25, 0.3) is 0 Å². The number of carbonyl (C=O) groups excluding carboxylic acids is 12. The lowest BCUT2D eigenvalue weighted by Gasteiger charge is -2.30. The van der Waals surface area contributed by atoms with Crippen molar-refractivity contribution in [3.63, 3.8) is 0 Å². The Morgan fingerprint density at radius 3 is 0.671 bits per heavy atom. The van der Waals surface area contributed by atoms with Gasteiger partial charge in [-0.25, -0.2) is 28.8 Å². The zero-order valence-corrected chi connectivity index (χ0v) is 50.0. The van der Waals surface area contributed by atoms with Crippen LogP contribution >= 0.6 is 0 Å². The van der Waals surface area contributed by atoms with E-state index < -0.39 is 197 Å². The van der Waals surface area contributed by atoms with E-state index in [1.54, 1.807) is 125 Å². The molecule has 0 radical (unpaired) electrons. The molecule has 25 heteroatoms. The van der Waals surface area contributed by atoms with Crippen LogP contribution in [0.4, 0.5) is 0 Å². The molecule has 6 amide bonds. The normalized spacial score (nSPS) is 28.5. The highest BCUT2D eigenvalue weighted by Crippen LogP contribution is 2.19. The molecule has 8 N–H and O–H groups in total. The SMILES string of the molecule is CC1OC(=O)C(C(C)C)NC(=O)C(C(C)C)NC(=O)C(C(C)C)OC(=O)C(C)OC(=O)C(C(C)C)NC(=O)C(C(C)C)OC(=O)C(C(C)C)NC(=O)C(C)OC(=O)C(C(C)C)NC(=O)C(C(C)C)OC(=O)C(C(C)C)NC1=O.O. The van der Waals surface area contributed by atoms with Crippen molar-refractivity contribution in [3.05, 3.63) is 0 Å². The summed E-state index contributed by atoms with van der Waals surface area (Å²) >= 11 is 0. The molecular weight excluding hydrogens is 1040 g/mol. The topological polar surface area (TPSA) is 364 Å². The molecule has 452 valence electrons. The third-order valence-corrected chi connectivity index (χ3v) is 12.6. The van der Waals surface area contributed by atoms with Gasteiger partial charge in [-0.05, 0) is 74.0 Å². The Kier molecular flexibility index (Phi) is 30.0. The molecule has 1 fully saturated rings. The van der Waals surface area contributed by atoms with Crippen molar-refractivity contribution in [2.45, 2.75) is 218 Å². The summed E-state index contributed by atoms with van der Waals surface area (Å²) in [5.74, 6) is -17.8. The summed E-state index contributed by atoms with van der Waals surface area (Å²) in [7, 11) is 0. The second kappa shape index (κ2) is 32.6. The number of hydrogen-bond acceptors (Lipinski definition) is 18. The predicted octanol–water partition coefficient (Wildman–Crippen LogP) is 1.52. The van der Waals surface area contributed by atoms with E-state index in [4.69, 9.17) is 28.4 Å². The first-order chi connectivity index (χ1) is 35.9. The van der Waals surface area contributed by atoms with Crippen LogP contribution in [0.1, 0.15) is 145 Å². The lowest BCUT2D eigenvalue weighted by atomic mass is 9.99. The molecule has 1 rings (SSSR count). The standard InChI is InChI=1S/C54H90N6O18.H2O/c1-22(2)34-45(63)58-35(23(3)4)50(68)73-31(19)43(61)56-38(26(9)10)53(71)77-41(29(15)16)47(65)59-36(24(5)6)51(69)74-32(20)44(62)57-39(27(11)12)54(72)78-42(30(17)18)48(66)60-37(25(7)8)52(70)75-33(21)49(67)76-40(28(13)14)46(64)55-34;/h22-42H,1-21H3,(H,55,64)(H,56,61)(H,57,62)(H,58,63)(H,59,65)(H,60,66);1H2. The van der Waals surface area contributed by atoms with Crippen molar-refractivity contribution in [3.8, 4) is 0 Å². The minimum atomic E-state index is -1.64. The monoisotopic (exact) mass is 1130 g/mol. The van der Waals surface area contributed by atoms with Crippen molar-refractivity contribution < 1.29 is 91.4 Å². The Labute approximate surface area is 464 Å². The Morgan fingerprint density at radius 2 is 0.430 bits per heavy atom. The largest absolute Gasteiger partial charge is 0.451 e. The Hall–Kier alpha value is -6.40. The fourth-order valence-corrected chi connectivity index (χ4v) is 7.51. The van der Waals surface area contributed by atoms with E-state index in [2.05, 4.69) is 31.9 Å². The first kappa shape index (κ1) is 72.6. The van der Waals surface area contributed by atoms with E-state index in [9.17, 15) is 57.5 Å². The van der Waals surface area contributed by atoms with Gasteiger partial charge in [0.2, 0.25) is 5.91 Å². The fraction of sp³-hybridized carbons (Fsp3) is 0.778. The van der Waals surface area contributed by atoms with Gasteiger partial charge < -0.3 is 65.8 Å². The zero-order chi connectivity index (χ0) is 60.5. The molecule has 1 aliphatic rings. The van der Waals surface area contributed by atoms with Gasteiger partial charge in [0.1, 0.15) is 36.3 Å². The number of carbonyl (C=O) groups is 12. The van der Waals surface area contributed by atoms with Gasteiger partial charge in [0.25, 0.3) is 29.5 Å². The maximum Gasteiger partial charge on any atom is 0.347 e. The minimum absolute atomic E-state index is 0. The van der Waals surface area contributed by atoms with Crippen LogP contribution in [0, 0.1) is 53.3 Å². The molecule has 25 nitrogen and oxygen atoms in total. The molecule has 0 aromatic carbocycles. The van der Waals surface area contributed by atoms with Crippen LogP contribution in [-0.2, 0) is 86.0 Å². The molecular formula is C54H92N6O19. The average Bonchev–Trinajstić information content (AvgIpc) is 3.31. The van der Waals surface area contributed by atoms with Crippen LogP contribution in [0.2, 0.25) is 0 Å². The molecule has 1 heterocycles. The lowest BCUT2D eigenvalue weighted by molar-refractivity contribution is -0.176. The summed E-state index contributed by atoms with van der Waals surface area (Å²) in [5.41, 5.74) is 0. The number of cyclic esters (lactones) is 6. The van der Waals surface area contributed by atoms with Gasteiger partial charge in [-0.2, -0.15) is 0 Å². The molecule has 12 atom stereocenters. The predicted molar refractivity (Wildman–Crippen MR) is 285 cm³/mol. The maximum atomic E-state index is 13.9. The highest BCUT2D eigenvalue weighted by atomic mass is 16.6. The molecule has 0 aromatic rings. The van der Waals surface area contributed by atoms with Gasteiger partial charge >= 0.3 is 35.8 Å². The maximum absolute atomic E-state index is 13.9. The van der Waals surface area contributed by atoms with Gasteiger partial charge in [0.05, 0.1) is 0 Å². The van der Waals surface area contributed by atoms with Crippen LogP contribution in [-0.4, -0.2) is 150 Å². The van der Waals surface area contributed by atoms with Crippen LogP contribution in [0.15, 0.2) is 0 Å². The summed E-state index contributed by atoms with van der Waals surface area (Å²) in [6, 6.07) is -8.29. The van der Waals surface area contributed by atoms with E-state index in [0.717, 1.165) is 0 Å². The molecule has 0 bridgehead atoms. The Morgan fingerprint density at radius 1 is 0.241 bits per heavy atom. The van der Waals surface area contributed by atoms with Gasteiger partial charge in [-0.1, -0.05) is 125 Å². The molecule has 0 spiro atoms. The van der Waals surface area contributed by atoms with E-state index >= 15 is 0 Å². The molecule has 1 aliphatic heterocycles. The van der Waals surface area contributed by atoms with Crippen molar-refractivity contribution >= 4 is 71.3 Å². The molecule has 0 aromatic heterocycles.